The van der Waals surface area contributed by atoms with Crippen LogP contribution in [0.15, 0.2) is 0 Å². The molecule has 0 saturated heterocycles. The van der Waals surface area contributed by atoms with Gasteiger partial charge in [-0.3, -0.25) is 7.05 Å². The second kappa shape index (κ2) is 14.4. The fraction of sp³-hybridized carbons (Fsp3) is 0. The van der Waals surface area contributed by atoms with E-state index >= 15 is 0 Å². The fourth-order valence-corrected chi connectivity index (χ4v) is 0. The predicted octanol–water partition coefficient (Wildman–Crippen LogP) is 0.641. The molecule has 17 heteroatoms. The SMILES string of the molecule is F[B-](F)(F)F.F[B-](F)(F)F.F[B-](F)(F)F.[CH2-]N.[K+]. The van der Waals surface area contributed by atoms with Gasteiger partial charge in [-0.05, 0) is 0 Å². The Labute approximate surface area is 137 Å². The van der Waals surface area contributed by atoms with E-state index in [1.807, 2.05) is 0 Å². The van der Waals surface area contributed by atoms with Gasteiger partial charge in [-0.1, -0.05) is 0 Å². The molecule has 0 bridgehead atoms. The molecule has 0 aliphatic heterocycles. The summed E-state index contributed by atoms with van der Waals surface area (Å²) >= 11 is 0. The maximum Gasteiger partial charge on any atom is 1.00 e. The summed E-state index contributed by atoms with van der Waals surface area (Å²) in [7, 11) is -15.2. The maximum atomic E-state index is 9.75. The van der Waals surface area contributed by atoms with Crippen LogP contribution in [0.2, 0.25) is 0 Å². The van der Waals surface area contributed by atoms with Crippen LogP contribution in [0.1, 0.15) is 0 Å². The molecule has 0 aliphatic carbocycles. The molecule has 0 spiro atoms. The van der Waals surface area contributed by atoms with Gasteiger partial charge >= 0.3 is 73.1 Å². The van der Waals surface area contributed by atoms with Crippen LogP contribution in [-0.2, 0) is 0 Å². The largest absolute Gasteiger partial charge is 1.00 e. The Morgan fingerprint density at radius 1 is 0.444 bits per heavy atom. The summed E-state index contributed by atoms with van der Waals surface area (Å²) in [5.41, 5.74) is 4.25. The molecular formula is CH4B3F12KN-3. The maximum absolute atomic E-state index is 9.75. The van der Waals surface area contributed by atoms with Gasteiger partial charge in [0.15, 0.2) is 0 Å². The summed E-state index contributed by atoms with van der Waals surface area (Å²) in [5, 5.41) is 0. The van der Waals surface area contributed by atoms with Crippen LogP contribution in [0, 0.1) is 7.05 Å². The first-order valence-corrected chi connectivity index (χ1v) is 3.03. The molecule has 0 saturated carbocycles. The fourth-order valence-electron chi connectivity index (χ4n) is 0. The van der Waals surface area contributed by atoms with E-state index in [-0.39, 0.29) is 51.4 Å². The summed E-state index contributed by atoms with van der Waals surface area (Å²) in [4.78, 5) is 0. The van der Waals surface area contributed by atoms with Gasteiger partial charge in [0.25, 0.3) is 0 Å². The Bertz CT molecular complexity index is 102. The van der Waals surface area contributed by atoms with Gasteiger partial charge in [-0.25, -0.2) is 0 Å². The summed E-state index contributed by atoms with van der Waals surface area (Å²) in [6.07, 6.45) is 0. The van der Waals surface area contributed by atoms with E-state index < -0.39 is 21.8 Å². The van der Waals surface area contributed by atoms with Gasteiger partial charge in [0, 0.05) is 0 Å². The Kier molecular flexibility index (Phi) is 25.0. The second-order valence-corrected chi connectivity index (χ2v) is 1.48. The van der Waals surface area contributed by atoms with Crippen molar-refractivity contribution >= 4 is 21.8 Å². The Balaban J connectivity index is -0.0000000427. The molecule has 0 aromatic rings. The van der Waals surface area contributed by atoms with E-state index in [1.54, 1.807) is 0 Å². The monoisotopic (exact) mass is 330 g/mol. The smallest absolute Gasteiger partial charge is 0.486 e. The molecule has 0 fully saturated rings. The van der Waals surface area contributed by atoms with Crippen molar-refractivity contribution in [3.63, 3.8) is 0 Å². The summed E-state index contributed by atoms with van der Waals surface area (Å²) < 4.78 is 117. The number of hydrogen-bond acceptors (Lipinski definition) is 1. The van der Waals surface area contributed by atoms with E-state index in [2.05, 4.69) is 12.8 Å². The van der Waals surface area contributed by atoms with Crippen LogP contribution in [-0.4, -0.2) is 21.8 Å². The van der Waals surface area contributed by atoms with E-state index in [1.165, 1.54) is 0 Å². The average Bonchev–Trinajstić information content (AvgIpc) is 1.77. The number of rotatable bonds is 0. The molecule has 0 aromatic heterocycles. The molecule has 0 rings (SSSR count). The molecule has 0 atom stereocenters. The third-order valence-electron chi connectivity index (χ3n) is 0. The van der Waals surface area contributed by atoms with Gasteiger partial charge in [-0.2, -0.15) is 0 Å². The second-order valence-electron chi connectivity index (χ2n) is 1.48. The number of hydrogen-bond donors (Lipinski definition) is 1. The molecule has 0 unspecified atom stereocenters. The Morgan fingerprint density at radius 2 is 0.444 bits per heavy atom. The third-order valence-corrected chi connectivity index (χ3v) is 0. The zero-order valence-electron chi connectivity index (χ0n) is 8.55. The predicted molar refractivity (Wildman–Crippen MR) is 40.1 cm³/mol. The normalized spacial score (nSPS) is 10.3. The van der Waals surface area contributed by atoms with E-state index in [4.69, 9.17) is 0 Å². The van der Waals surface area contributed by atoms with Crippen molar-refractivity contribution in [3.05, 3.63) is 7.05 Å². The van der Waals surface area contributed by atoms with E-state index in [0.29, 0.717) is 0 Å². The van der Waals surface area contributed by atoms with Crippen molar-refractivity contribution < 1.29 is 103 Å². The molecule has 0 amide bonds. The van der Waals surface area contributed by atoms with Crippen LogP contribution in [0.5, 0.6) is 0 Å². The number of halogens is 12. The van der Waals surface area contributed by atoms with Crippen molar-refractivity contribution in [1.29, 1.82) is 0 Å². The summed E-state index contributed by atoms with van der Waals surface area (Å²) in [5.74, 6) is 0. The topological polar surface area (TPSA) is 26.0 Å². The zero-order chi connectivity index (χ0) is 15.5. The van der Waals surface area contributed by atoms with Gasteiger partial charge < -0.3 is 57.5 Å². The van der Waals surface area contributed by atoms with E-state index in [9.17, 15) is 51.8 Å². The van der Waals surface area contributed by atoms with Crippen molar-refractivity contribution in [2.24, 2.45) is 5.73 Å². The molecule has 18 heavy (non-hydrogen) atoms. The van der Waals surface area contributed by atoms with Crippen molar-refractivity contribution in [1.82, 2.24) is 0 Å². The standard InChI is InChI=1S/CH4N.3BF4.K/c1-2;3*2-1(3,4)5;/h1-2H2;;;;/q4*-1;+1. The van der Waals surface area contributed by atoms with Gasteiger partial charge in [0.2, 0.25) is 0 Å². The van der Waals surface area contributed by atoms with Gasteiger partial charge in [-0.15, -0.1) is 0 Å². The zero-order valence-corrected chi connectivity index (χ0v) is 11.7. The minimum Gasteiger partial charge on any atom is -0.486 e. The molecule has 110 valence electrons. The molecule has 2 N–H and O–H groups in total. The summed E-state index contributed by atoms with van der Waals surface area (Å²) in [6, 6.07) is 0. The van der Waals surface area contributed by atoms with E-state index in [0.717, 1.165) is 0 Å². The Hall–Kier alpha value is 0.951. The van der Waals surface area contributed by atoms with Crippen LogP contribution >= 0.6 is 0 Å². The van der Waals surface area contributed by atoms with Crippen LogP contribution < -0.4 is 57.1 Å². The minimum atomic E-state index is -6.00. The minimum absolute atomic E-state index is 0. The molecule has 0 aliphatic rings. The van der Waals surface area contributed by atoms with Gasteiger partial charge in [0.1, 0.15) is 0 Å². The van der Waals surface area contributed by atoms with Crippen LogP contribution in [0.25, 0.3) is 0 Å². The average molecular weight is 330 g/mol. The van der Waals surface area contributed by atoms with Gasteiger partial charge in [0.05, 0.1) is 0 Å². The first kappa shape index (κ1) is 31.4. The number of nitrogens with two attached hydrogens (primary N) is 1. The molecule has 0 heterocycles. The molecular weight excluding hydrogens is 326 g/mol. The molecule has 1 nitrogen and oxygen atoms in total. The quantitative estimate of drug-likeness (QED) is 0.394. The molecule has 0 radical (unpaired) electrons. The van der Waals surface area contributed by atoms with Crippen molar-refractivity contribution in [2.75, 3.05) is 0 Å². The Morgan fingerprint density at radius 3 is 0.444 bits per heavy atom. The van der Waals surface area contributed by atoms with Crippen LogP contribution in [0.4, 0.5) is 51.8 Å². The summed E-state index contributed by atoms with van der Waals surface area (Å²) in [6.45, 7) is 0. The molecule has 0 aromatic carbocycles. The van der Waals surface area contributed by atoms with Crippen molar-refractivity contribution in [2.45, 2.75) is 0 Å². The first-order chi connectivity index (χ1) is 7.00. The first-order valence-electron chi connectivity index (χ1n) is 3.03. The van der Waals surface area contributed by atoms with Crippen molar-refractivity contribution in [3.8, 4) is 0 Å². The van der Waals surface area contributed by atoms with Crippen LogP contribution in [0.3, 0.4) is 0 Å². The third kappa shape index (κ3) is 4770.